The molecule has 0 amide bonds. The van der Waals surface area contributed by atoms with Crippen LogP contribution in [0.2, 0.25) is 0 Å². The van der Waals surface area contributed by atoms with Crippen molar-refractivity contribution in [3.63, 3.8) is 0 Å². The fraction of sp³-hybridized carbons (Fsp3) is 0.714. The van der Waals surface area contributed by atoms with Gasteiger partial charge in [0.15, 0.2) is 0 Å². The average molecular weight is 388 g/mol. The lowest BCUT2D eigenvalue weighted by Crippen LogP contribution is -2.37. The summed E-state index contributed by atoms with van der Waals surface area (Å²) in [7, 11) is 0. The van der Waals surface area contributed by atoms with Gasteiger partial charge in [0.1, 0.15) is 0 Å². The number of nitrogens with two attached hydrogens (primary N) is 2. The summed E-state index contributed by atoms with van der Waals surface area (Å²) in [5.74, 6) is -3.33. The number of rotatable bonds is 5. The minimum atomic E-state index is -1.05. The first kappa shape index (κ1) is 34.9. The Bertz CT molecular complexity index is 305. The Morgan fingerprint density at radius 3 is 0.923 bits per heavy atom. The van der Waals surface area contributed by atoms with Crippen molar-refractivity contribution >= 4 is 23.9 Å². The van der Waals surface area contributed by atoms with Crippen molar-refractivity contribution in [1.82, 2.24) is 0 Å². The van der Waals surface area contributed by atoms with Crippen molar-refractivity contribution in [3.8, 4) is 0 Å². The van der Waals surface area contributed by atoms with Crippen LogP contribution in [0.5, 0.6) is 0 Å². The third-order valence-corrected chi connectivity index (χ3v) is 1.51. The molecule has 0 rings (SSSR count). The van der Waals surface area contributed by atoms with Gasteiger partial charge in [-0.15, -0.1) is 0 Å². The molecule has 0 saturated carbocycles. The zero-order chi connectivity index (χ0) is 22.3. The van der Waals surface area contributed by atoms with Gasteiger partial charge in [0.2, 0.25) is 0 Å². The van der Waals surface area contributed by atoms with Crippen molar-refractivity contribution in [2.45, 2.75) is 46.1 Å². The second-order valence-corrected chi connectivity index (χ2v) is 4.54. The first-order chi connectivity index (χ1) is 11.6. The van der Waals surface area contributed by atoms with Gasteiger partial charge in [0, 0.05) is 27.7 Å². The van der Waals surface area contributed by atoms with Gasteiger partial charge in [-0.25, -0.2) is 0 Å². The molecule has 0 unspecified atom stereocenters. The van der Waals surface area contributed by atoms with Crippen molar-refractivity contribution < 1.29 is 49.8 Å². The van der Waals surface area contributed by atoms with E-state index in [0.29, 0.717) is 25.9 Å². The van der Waals surface area contributed by atoms with Crippen molar-refractivity contribution in [2.75, 3.05) is 19.7 Å². The van der Waals surface area contributed by atoms with Gasteiger partial charge in [-0.05, 0) is 25.9 Å². The van der Waals surface area contributed by atoms with Gasteiger partial charge in [0.05, 0.1) is 12.2 Å². The van der Waals surface area contributed by atoms with Crippen molar-refractivity contribution in [1.29, 1.82) is 0 Å². The molecule has 0 aromatic heterocycles. The van der Waals surface area contributed by atoms with Crippen LogP contribution in [0.25, 0.3) is 0 Å². The van der Waals surface area contributed by atoms with Crippen LogP contribution in [-0.2, 0) is 19.2 Å². The molecule has 0 saturated heterocycles. The topological polar surface area (TPSA) is 242 Å². The molecular formula is C14H32N2O10. The Morgan fingerprint density at radius 1 is 0.692 bits per heavy atom. The Hall–Kier alpha value is -2.28. The van der Waals surface area contributed by atoms with E-state index in [9.17, 15) is 5.11 Å². The smallest absolute Gasteiger partial charge is 0.300 e. The lowest BCUT2D eigenvalue weighted by atomic mass is 9.97. The van der Waals surface area contributed by atoms with Gasteiger partial charge >= 0.3 is 0 Å². The molecule has 0 aromatic rings. The number of hydrogen-bond acceptors (Lipinski definition) is 8. The Morgan fingerprint density at radius 2 is 0.846 bits per heavy atom. The minimum Gasteiger partial charge on any atom is -0.481 e. The van der Waals surface area contributed by atoms with Crippen LogP contribution in [0, 0.1) is 0 Å². The van der Waals surface area contributed by atoms with Crippen molar-refractivity contribution in [3.05, 3.63) is 0 Å². The summed E-state index contributed by atoms with van der Waals surface area (Å²) in [6.45, 7) is 4.81. The van der Waals surface area contributed by atoms with E-state index in [4.69, 9.17) is 56.2 Å². The average Bonchev–Trinajstić information content (AvgIpc) is 2.36. The molecule has 0 aliphatic heterocycles. The molecular weight excluding hydrogens is 356 g/mol. The van der Waals surface area contributed by atoms with Crippen LogP contribution in [-0.4, -0.2) is 79.8 Å². The molecule has 0 aromatic carbocycles. The monoisotopic (exact) mass is 388 g/mol. The number of carboxylic acid groups (broad SMARTS) is 4. The van der Waals surface area contributed by atoms with Gasteiger partial charge in [0.25, 0.3) is 23.9 Å². The summed E-state index contributed by atoms with van der Waals surface area (Å²) in [5, 5.41) is 47.8. The molecule has 10 N–H and O–H groups in total. The van der Waals surface area contributed by atoms with E-state index in [1.807, 2.05) is 0 Å². The normalized spacial score (nSPS) is 8.46. The summed E-state index contributed by atoms with van der Waals surface area (Å²) < 4.78 is 0. The number of carbonyl (C=O) groups is 4. The molecule has 0 radical (unpaired) electrons. The largest absolute Gasteiger partial charge is 0.481 e. The number of aliphatic hydroxyl groups excluding tert-OH is 1. The quantitative estimate of drug-likeness (QED) is 0.276. The predicted molar refractivity (Wildman–Crippen MR) is 92.6 cm³/mol. The number of aliphatic hydroxyl groups is 2. The molecule has 12 nitrogen and oxygen atoms in total. The molecule has 0 aliphatic rings. The highest BCUT2D eigenvalue weighted by molar-refractivity contribution is 5.63. The van der Waals surface area contributed by atoms with Crippen LogP contribution in [0.3, 0.4) is 0 Å². The van der Waals surface area contributed by atoms with E-state index in [2.05, 4.69) is 0 Å². The van der Waals surface area contributed by atoms with E-state index < -0.39 is 29.5 Å². The van der Waals surface area contributed by atoms with E-state index in [0.717, 1.165) is 27.7 Å². The minimum absolute atomic E-state index is 0.263. The number of aliphatic carboxylic acids is 4. The van der Waals surface area contributed by atoms with Crippen LogP contribution in [0.1, 0.15) is 40.5 Å². The maximum Gasteiger partial charge on any atom is 0.300 e. The van der Waals surface area contributed by atoms with Crippen LogP contribution in [0.15, 0.2) is 0 Å². The second-order valence-electron chi connectivity index (χ2n) is 4.54. The predicted octanol–water partition coefficient (Wildman–Crippen LogP) is -1.23. The highest BCUT2D eigenvalue weighted by Gasteiger charge is 2.23. The van der Waals surface area contributed by atoms with Gasteiger partial charge in [-0.3, -0.25) is 19.2 Å². The Labute approximate surface area is 152 Å². The fourth-order valence-electron chi connectivity index (χ4n) is 0.820. The lowest BCUT2D eigenvalue weighted by molar-refractivity contribution is -0.135. The Kier molecular flexibility index (Phi) is 33.6. The molecule has 0 aliphatic carbocycles. The van der Waals surface area contributed by atoms with Crippen LogP contribution >= 0.6 is 0 Å². The lowest BCUT2D eigenvalue weighted by Gasteiger charge is -2.23. The highest BCUT2D eigenvalue weighted by Crippen LogP contribution is 2.11. The van der Waals surface area contributed by atoms with Gasteiger partial charge < -0.3 is 42.1 Å². The van der Waals surface area contributed by atoms with Gasteiger partial charge in [-0.1, -0.05) is 0 Å². The molecule has 0 spiro atoms. The zero-order valence-electron chi connectivity index (χ0n) is 15.5. The summed E-state index contributed by atoms with van der Waals surface area (Å²) >= 11 is 0. The van der Waals surface area contributed by atoms with Crippen molar-refractivity contribution in [2.24, 2.45) is 11.5 Å². The number of carboxylic acids is 4. The van der Waals surface area contributed by atoms with Gasteiger partial charge in [-0.2, -0.15) is 0 Å². The molecule has 158 valence electrons. The second kappa shape index (κ2) is 25.0. The molecule has 12 heteroatoms. The summed E-state index contributed by atoms with van der Waals surface area (Å²) in [5.41, 5.74) is 9.37. The summed E-state index contributed by atoms with van der Waals surface area (Å²) in [6.07, 6.45) is 0.807. The van der Waals surface area contributed by atoms with E-state index in [-0.39, 0.29) is 6.61 Å². The number of hydrogen-bond donors (Lipinski definition) is 8. The van der Waals surface area contributed by atoms with E-state index in [1.165, 1.54) is 0 Å². The molecule has 0 fully saturated rings. The zero-order valence-corrected chi connectivity index (χ0v) is 15.5. The molecule has 0 atom stereocenters. The van der Waals surface area contributed by atoms with E-state index >= 15 is 0 Å². The third-order valence-electron chi connectivity index (χ3n) is 1.51. The maximum absolute atomic E-state index is 9.41. The third kappa shape index (κ3) is 123. The van der Waals surface area contributed by atoms with Crippen LogP contribution in [0.4, 0.5) is 0 Å². The molecule has 0 bridgehead atoms. The first-order valence-corrected chi connectivity index (χ1v) is 7.13. The SMILES string of the molecule is CC(=O)O.CC(=O)O.CC(=O)O.CC(=O)O.NCCC(O)(CO)CCN. The molecule has 26 heavy (non-hydrogen) atoms. The maximum atomic E-state index is 9.41. The standard InChI is InChI=1S/C6H16N2O2.4C2H4O2/c7-3-1-6(10,5-9)2-4-8;4*1-2(3)4/h9-10H,1-5,7-8H2;4*1H3,(H,3,4). The summed E-state index contributed by atoms with van der Waals surface area (Å²) in [4.78, 5) is 36.0. The highest BCUT2D eigenvalue weighted by atomic mass is 16.4. The van der Waals surface area contributed by atoms with E-state index in [1.54, 1.807) is 0 Å². The molecule has 0 heterocycles. The first-order valence-electron chi connectivity index (χ1n) is 7.13. The van der Waals surface area contributed by atoms with Crippen LogP contribution < -0.4 is 11.5 Å². The Balaban J connectivity index is -0.0000000776. The fourth-order valence-corrected chi connectivity index (χ4v) is 0.820. The summed E-state index contributed by atoms with van der Waals surface area (Å²) in [6, 6.07) is 0.